The molecule has 0 saturated carbocycles. The SMILES string of the molecule is CC[n+]1c(C=CC=CC=CC=C2N(CCC[N+](CC)(CC)CC)c3ccccc3C2(C)C)sc2ccccc21.[Br-].[Br-]. The van der Waals surface area contributed by atoms with E-state index in [1.54, 1.807) is 0 Å². The van der Waals surface area contributed by atoms with Crippen LogP contribution in [0.2, 0.25) is 0 Å². The van der Waals surface area contributed by atoms with Crippen LogP contribution in [0.25, 0.3) is 16.3 Å². The molecule has 4 rings (SSSR count). The number of rotatable bonds is 12. The van der Waals surface area contributed by atoms with Gasteiger partial charge in [-0.2, -0.15) is 4.57 Å². The van der Waals surface area contributed by atoms with Crippen molar-refractivity contribution in [1.29, 1.82) is 0 Å². The van der Waals surface area contributed by atoms with E-state index >= 15 is 0 Å². The Morgan fingerprint density at radius 1 is 0.829 bits per heavy atom. The molecule has 2 heterocycles. The van der Waals surface area contributed by atoms with E-state index in [1.165, 1.54) is 69.3 Å². The summed E-state index contributed by atoms with van der Waals surface area (Å²) in [5.41, 5.74) is 5.49. The minimum atomic E-state index is -0.00822. The normalized spacial score (nSPS) is 15.8. The third kappa shape index (κ3) is 7.70. The molecule has 0 N–H and O–H groups in total. The number of hydrogen-bond donors (Lipinski definition) is 0. The van der Waals surface area contributed by atoms with Crippen molar-refractivity contribution in [2.45, 2.75) is 59.9 Å². The van der Waals surface area contributed by atoms with Gasteiger partial charge in [0.2, 0.25) is 5.52 Å². The van der Waals surface area contributed by atoms with Gasteiger partial charge in [0, 0.05) is 41.9 Å². The maximum absolute atomic E-state index is 2.57. The van der Waals surface area contributed by atoms with E-state index < -0.39 is 0 Å². The van der Waals surface area contributed by atoms with Crippen molar-refractivity contribution in [3.05, 3.63) is 101 Å². The van der Waals surface area contributed by atoms with Crippen LogP contribution in [0.1, 0.15) is 58.5 Å². The summed E-state index contributed by atoms with van der Waals surface area (Å²) in [6.07, 6.45) is 16.5. The number of thiazole rings is 1. The first-order chi connectivity index (χ1) is 18.9. The molecule has 2 aromatic carbocycles. The van der Waals surface area contributed by atoms with Gasteiger partial charge in [-0.05, 0) is 51.5 Å². The van der Waals surface area contributed by atoms with E-state index in [2.05, 4.69) is 142 Å². The predicted octanol–water partition coefficient (Wildman–Crippen LogP) is 2.29. The molecule has 0 atom stereocenters. The Balaban J connectivity index is 0.00000294. The molecule has 0 bridgehead atoms. The van der Waals surface area contributed by atoms with Crippen molar-refractivity contribution in [2.75, 3.05) is 37.6 Å². The minimum Gasteiger partial charge on any atom is -1.00 e. The first-order valence-corrected chi connectivity index (χ1v) is 15.6. The second-order valence-electron chi connectivity index (χ2n) is 11.0. The van der Waals surface area contributed by atoms with Gasteiger partial charge in [-0.25, -0.2) is 0 Å². The molecule has 0 saturated heterocycles. The molecular weight excluding hydrogens is 654 g/mol. The lowest BCUT2D eigenvalue weighted by atomic mass is 9.84. The van der Waals surface area contributed by atoms with Crippen molar-refractivity contribution >= 4 is 33.3 Å². The number of para-hydroxylation sites is 2. The molecule has 1 aromatic heterocycles. The third-order valence-corrected chi connectivity index (χ3v) is 9.85. The van der Waals surface area contributed by atoms with E-state index in [9.17, 15) is 0 Å². The van der Waals surface area contributed by atoms with Crippen molar-refractivity contribution in [3.63, 3.8) is 0 Å². The third-order valence-electron chi connectivity index (χ3n) is 8.72. The standard InChI is InChI=1S/C35H47N3S.2BrH/c1-7-36-31-23-18-19-24-32(31)39-34(36)26-15-13-11-12-14-25-33-35(5,6)29-21-16-17-22-30(29)37(33)27-20-28-38(8-2,9-3)10-4;;/h11-19,21-26H,7-10,20,27-28H2,1-6H3;2*1H/q+2;;/p-2. The van der Waals surface area contributed by atoms with Crippen molar-refractivity contribution in [2.24, 2.45) is 0 Å². The van der Waals surface area contributed by atoms with Crippen molar-refractivity contribution in [3.8, 4) is 0 Å². The van der Waals surface area contributed by atoms with Crippen molar-refractivity contribution < 1.29 is 43.0 Å². The molecule has 0 fully saturated rings. The highest BCUT2D eigenvalue weighted by molar-refractivity contribution is 7.18. The van der Waals surface area contributed by atoms with Gasteiger partial charge in [-0.1, -0.05) is 85.9 Å². The fraction of sp³-hybridized carbons (Fsp3) is 0.400. The smallest absolute Gasteiger partial charge is 0.262 e. The highest BCUT2D eigenvalue weighted by atomic mass is 79.9. The van der Waals surface area contributed by atoms with Gasteiger partial charge in [0.25, 0.3) is 5.01 Å². The number of halogens is 2. The summed E-state index contributed by atoms with van der Waals surface area (Å²) in [7, 11) is 0. The van der Waals surface area contributed by atoms with Crippen LogP contribution in [0, 0.1) is 0 Å². The number of hydrogen-bond acceptors (Lipinski definition) is 2. The molecule has 222 valence electrons. The molecule has 0 radical (unpaired) electrons. The Morgan fingerprint density at radius 3 is 2.17 bits per heavy atom. The summed E-state index contributed by atoms with van der Waals surface area (Å²) in [6, 6.07) is 17.6. The van der Waals surface area contributed by atoms with Gasteiger partial charge in [0.15, 0.2) is 0 Å². The summed E-state index contributed by atoms with van der Waals surface area (Å²) in [6.45, 7) is 20.9. The molecule has 0 aliphatic carbocycles. The first kappa shape index (κ1) is 35.2. The number of quaternary nitrogens is 1. The number of aromatic nitrogens is 1. The van der Waals surface area contributed by atoms with Crippen LogP contribution >= 0.6 is 11.3 Å². The zero-order valence-electron chi connectivity index (χ0n) is 25.6. The quantitative estimate of drug-likeness (QED) is 0.160. The molecule has 0 amide bonds. The van der Waals surface area contributed by atoms with Gasteiger partial charge in [-0.3, -0.25) is 0 Å². The predicted molar refractivity (Wildman–Crippen MR) is 171 cm³/mol. The van der Waals surface area contributed by atoms with E-state index in [-0.39, 0.29) is 39.4 Å². The summed E-state index contributed by atoms with van der Waals surface area (Å²) < 4.78 is 4.92. The second-order valence-corrected chi connectivity index (χ2v) is 12.1. The van der Waals surface area contributed by atoms with Gasteiger partial charge in [0.05, 0.1) is 26.2 Å². The van der Waals surface area contributed by atoms with E-state index in [0.717, 1.165) is 13.1 Å². The molecular formula is C35H47Br2N3S. The highest BCUT2D eigenvalue weighted by Gasteiger charge is 2.39. The van der Waals surface area contributed by atoms with E-state index in [1.807, 2.05) is 11.3 Å². The second kappa shape index (κ2) is 16.0. The fourth-order valence-electron chi connectivity index (χ4n) is 6.07. The lowest BCUT2D eigenvalue weighted by Crippen LogP contribution is -3.00. The first-order valence-electron chi connectivity index (χ1n) is 14.8. The lowest BCUT2D eigenvalue weighted by molar-refractivity contribution is -0.923. The molecule has 6 heteroatoms. The average Bonchev–Trinajstić information content (AvgIpc) is 3.42. The maximum Gasteiger partial charge on any atom is 0.262 e. The largest absolute Gasteiger partial charge is 1.00 e. The summed E-state index contributed by atoms with van der Waals surface area (Å²) in [5.74, 6) is 0. The number of nitrogens with zero attached hydrogens (tertiary/aromatic N) is 3. The molecule has 1 aliphatic rings. The number of fused-ring (bicyclic) bond motifs is 2. The molecule has 3 aromatic rings. The molecule has 0 spiro atoms. The number of aryl methyl sites for hydroxylation is 1. The number of anilines is 1. The molecule has 0 unspecified atom stereocenters. The number of allylic oxidation sites excluding steroid dienone is 7. The van der Waals surface area contributed by atoms with Crippen LogP contribution in [0.3, 0.4) is 0 Å². The van der Waals surface area contributed by atoms with Crippen LogP contribution in [-0.4, -0.2) is 37.2 Å². The Kier molecular flexibility index (Phi) is 13.8. The van der Waals surface area contributed by atoms with Crippen molar-refractivity contribution in [1.82, 2.24) is 0 Å². The molecule has 3 nitrogen and oxygen atoms in total. The van der Waals surface area contributed by atoms with Crippen LogP contribution < -0.4 is 43.4 Å². The Hall–Kier alpha value is -1.99. The van der Waals surface area contributed by atoms with E-state index in [4.69, 9.17) is 0 Å². The van der Waals surface area contributed by atoms with Gasteiger partial charge < -0.3 is 43.3 Å². The monoisotopic (exact) mass is 699 g/mol. The summed E-state index contributed by atoms with van der Waals surface area (Å²) in [4.78, 5) is 2.57. The topological polar surface area (TPSA) is 7.12 Å². The maximum atomic E-state index is 2.57. The highest BCUT2D eigenvalue weighted by Crippen LogP contribution is 2.47. The Labute approximate surface area is 273 Å². The average molecular weight is 702 g/mol. The van der Waals surface area contributed by atoms with Crippen LogP contribution in [-0.2, 0) is 12.0 Å². The van der Waals surface area contributed by atoms with Crippen LogP contribution in [0.15, 0.2) is 90.7 Å². The van der Waals surface area contributed by atoms with Crippen LogP contribution in [0.5, 0.6) is 0 Å². The molecule has 41 heavy (non-hydrogen) atoms. The Morgan fingerprint density at radius 2 is 1.46 bits per heavy atom. The Bertz CT molecular complexity index is 1370. The van der Waals surface area contributed by atoms with Crippen LogP contribution in [0.4, 0.5) is 5.69 Å². The summed E-state index contributed by atoms with van der Waals surface area (Å²) >= 11 is 1.85. The van der Waals surface area contributed by atoms with E-state index in [0.29, 0.717) is 0 Å². The zero-order valence-corrected chi connectivity index (χ0v) is 29.6. The number of benzene rings is 2. The molecule has 1 aliphatic heterocycles. The van der Waals surface area contributed by atoms with Gasteiger partial charge >= 0.3 is 0 Å². The fourth-order valence-corrected chi connectivity index (χ4v) is 7.21. The van der Waals surface area contributed by atoms with Gasteiger partial charge in [-0.15, -0.1) is 0 Å². The van der Waals surface area contributed by atoms with Gasteiger partial charge in [0.1, 0.15) is 11.2 Å². The zero-order chi connectivity index (χ0) is 27.9. The minimum absolute atomic E-state index is 0. The lowest BCUT2D eigenvalue weighted by Gasteiger charge is -2.36. The summed E-state index contributed by atoms with van der Waals surface area (Å²) in [5, 5.41) is 1.28.